The van der Waals surface area contributed by atoms with Crippen molar-refractivity contribution in [1.29, 1.82) is 0 Å². The van der Waals surface area contributed by atoms with Crippen LogP contribution in [0.1, 0.15) is 44.1 Å². The van der Waals surface area contributed by atoms with Crippen molar-refractivity contribution in [3.63, 3.8) is 0 Å². The number of carboxylic acid groups (broad SMARTS) is 1. The van der Waals surface area contributed by atoms with E-state index in [9.17, 15) is 19.8 Å². The van der Waals surface area contributed by atoms with Crippen molar-refractivity contribution in [2.24, 2.45) is 0 Å². The quantitative estimate of drug-likeness (QED) is 0.171. The number of carboxylic acids is 1. The molecule has 1 heterocycles. The highest BCUT2D eigenvalue weighted by molar-refractivity contribution is 5.90. The van der Waals surface area contributed by atoms with Crippen LogP contribution >= 0.6 is 0 Å². The summed E-state index contributed by atoms with van der Waals surface area (Å²) in [6, 6.07) is 17.6. The molecule has 1 aromatic heterocycles. The number of rotatable bonds is 7. The highest BCUT2D eigenvalue weighted by Gasteiger charge is 2.19. The van der Waals surface area contributed by atoms with Crippen LogP contribution in [0.3, 0.4) is 0 Å². The fourth-order valence-corrected chi connectivity index (χ4v) is 4.52. The number of aromatic carboxylic acids is 1. The minimum atomic E-state index is -1.04. The van der Waals surface area contributed by atoms with Gasteiger partial charge in [-0.3, -0.25) is 15.6 Å². The summed E-state index contributed by atoms with van der Waals surface area (Å²) < 4.78 is 1.62. The van der Waals surface area contributed by atoms with Gasteiger partial charge in [0.05, 0.1) is 22.6 Å². The molecule has 0 saturated heterocycles. The highest BCUT2D eigenvalue weighted by atomic mass is 16.4. The Labute approximate surface area is 201 Å². The molecule has 0 unspecified atom stereocenters. The largest absolute Gasteiger partial charge is 0.505 e. The fraction of sp³-hybridized carbons (Fsp3) is 0.148. The Morgan fingerprint density at radius 1 is 1.03 bits per heavy atom. The molecule has 1 aliphatic carbocycles. The second kappa shape index (κ2) is 8.98. The molecule has 0 amide bonds. The summed E-state index contributed by atoms with van der Waals surface area (Å²) in [5.74, 6) is -1.10. The maximum Gasteiger partial charge on any atom is 0.335 e. The predicted molar refractivity (Wildman–Crippen MR) is 133 cm³/mol. The van der Waals surface area contributed by atoms with E-state index in [4.69, 9.17) is 0 Å². The normalized spacial score (nSPS) is 12.3. The molecule has 4 N–H and O–H groups in total. The minimum Gasteiger partial charge on any atom is -0.505 e. The van der Waals surface area contributed by atoms with E-state index in [0.717, 1.165) is 31.2 Å². The van der Waals surface area contributed by atoms with E-state index in [1.165, 1.54) is 23.3 Å². The lowest BCUT2D eigenvalue weighted by molar-refractivity contribution is 0.0696. The molecular weight excluding hydrogens is 444 g/mol. The topological polar surface area (TPSA) is 116 Å². The number of carbonyl (C=O) groups excluding carboxylic acids is 1. The number of aromatic nitrogens is 2. The molecule has 0 bridgehead atoms. The number of fused-ring (bicyclic) bond motifs is 1. The zero-order chi connectivity index (χ0) is 24.5. The monoisotopic (exact) mass is 468 g/mol. The lowest BCUT2D eigenvalue weighted by atomic mass is 10.0. The number of aromatic hydroxyl groups is 1. The number of phenols is 1. The summed E-state index contributed by atoms with van der Waals surface area (Å²) in [4.78, 5) is 23.4. The molecule has 0 atom stereocenters. The molecule has 0 aliphatic heterocycles. The Balaban J connectivity index is 1.43. The first-order valence-corrected chi connectivity index (χ1v) is 11.3. The van der Waals surface area contributed by atoms with Gasteiger partial charge >= 0.3 is 5.97 Å². The van der Waals surface area contributed by atoms with E-state index < -0.39 is 5.97 Å². The van der Waals surface area contributed by atoms with Crippen molar-refractivity contribution < 1.29 is 19.8 Å². The van der Waals surface area contributed by atoms with Crippen LogP contribution in [0.2, 0.25) is 0 Å². The first-order chi connectivity index (χ1) is 17.0. The summed E-state index contributed by atoms with van der Waals surface area (Å²) in [5, 5.41) is 24.7. The molecule has 0 spiro atoms. The smallest absolute Gasteiger partial charge is 0.335 e. The van der Waals surface area contributed by atoms with E-state index in [1.54, 1.807) is 41.9 Å². The van der Waals surface area contributed by atoms with Gasteiger partial charge < -0.3 is 10.2 Å². The zero-order valence-electron chi connectivity index (χ0n) is 19.1. The van der Waals surface area contributed by atoms with Crippen molar-refractivity contribution in [1.82, 2.24) is 9.78 Å². The molecule has 8 heteroatoms. The van der Waals surface area contributed by atoms with E-state index in [1.807, 2.05) is 6.07 Å². The van der Waals surface area contributed by atoms with Crippen molar-refractivity contribution >= 4 is 23.6 Å². The Kier molecular flexibility index (Phi) is 5.70. The van der Waals surface area contributed by atoms with Crippen LogP contribution in [0.5, 0.6) is 5.75 Å². The third-order valence-electron chi connectivity index (χ3n) is 6.31. The van der Waals surface area contributed by atoms with Crippen molar-refractivity contribution in [3.05, 3.63) is 88.7 Å². The first-order valence-electron chi connectivity index (χ1n) is 11.3. The van der Waals surface area contributed by atoms with Crippen LogP contribution in [0.25, 0.3) is 16.8 Å². The minimum absolute atomic E-state index is 0.0566. The van der Waals surface area contributed by atoms with Gasteiger partial charge in [0, 0.05) is 5.56 Å². The average molecular weight is 469 g/mol. The van der Waals surface area contributed by atoms with E-state index in [2.05, 4.69) is 28.1 Å². The summed E-state index contributed by atoms with van der Waals surface area (Å²) in [6.07, 6.45) is 3.99. The Morgan fingerprint density at radius 2 is 1.83 bits per heavy atom. The lowest BCUT2D eigenvalue weighted by Crippen LogP contribution is -2.11. The number of anilines is 2. The molecule has 176 valence electrons. The SMILES string of the molecule is Cc1nn(-c2ccc3c(c2)CCC3)c(C=O)c1NNc1cccc(-c2cccc(C(=O)O)c2)c1O. The molecule has 5 rings (SSSR count). The van der Waals surface area contributed by atoms with Crippen LogP contribution in [0.15, 0.2) is 60.7 Å². The van der Waals surface area contributed by atoms with Gasteiger partial charge in [-0.15, -0.1) is 0 Å². The van der Waals surface area contributed by atoms with Crippen LogP contribution in [-0.2, 0) is 12.8 Å². The van der Waals surface area contributed by atoms with Gasteiger partial charge in [0.2, 0.25) is 0 Å². The first kappa shape index (κ1) is 22.2. The number of aldehydes is 1. The van der Waals surface area contributed by atoms with E-state index in [0.29, 0.717) is 33.9 Å². The second-order valence-electron chi connectivity index (χ2n) is 8.52. The number of nitrogens with zero attached hydrogens (tertiary/aromatic N) is 2. The molecular formula is C27H24N4O4. The summed E-state index contributed by atoms with van der Waals surface area (Å²) in [7, 11) is 0. The van der Waals surface area contributed by atoms with E-state index >= 15 is 0 Å². The average Bonchev–Trinajstić information content (AvgIpc) is 3.46. The number of phenolic OH excluding ortho intramolecular Hbond substituents is 1. The maximum atomic E-state index is 12.0. The number of para-hydroxylation sites is 1. The predicted octanol–water partition coefficient (Wildman–Crippen LogP) is 4.99. The van der Waals surface area contributed by atoms with Gasteiger partial charge in [0.15, 0.2) is 6.29 Å². The fourth-order valence-electron chi connectivity index (χ4n) is 4.52. The molecule has 1 aliphatic rings. The molecule has 3 aromatic carbocycles. The van der Waals surface area contributed by atoms with Gasteiger partial charge in [-0.2, -0.15) is 5.10 Å². The Bertz CT molecular complexity index is 1460. The third kappa shape index (κ3) is 4.10. The molecule has 8 nitrogen and oxygen atoms in total. The van der Waals surface area contributed by atoms with Crippen molar-refractivity contribution in [3.8, 4) is 22.6 Å². The van der Waals surface area contributed by atoms with Crippen molar-refractivity contribution in [2.45, 2.75) is 26.2 Å². The number of hydrogen-bond acceptors (Lipinski definition) is 6. The number of hydrogen-bond donors (Lipinski definition) is 4. The Hall–Kier alpha value is -4.59. The Morgan fingerprint density at radius 3 is 2.63 bits per heavy atom. The number of nitrogens with one attached hydrogen (secondary N) is 2. The van der Waals surface area contributed by atoms with Crippen LogP contribution in [0.4, 0.5) is 11.4 Å². The lowest BCUT2D eigenvalue weighted by Gasteiger charge is -2.14. The van der Waals surface area contributed by atoms with Gasteiger partial charge in [-0.25, -0.2) is 9.48 Å². The molecule has 0 radical (unpaired) electrons. The third-order valence-corrected chi connectivity index (χ3v) is 6.31. The van der Waals surface area contributed by atoms with Gasteiger partial charge in [-0.05, 0) is 73.2 Å². The van der Waals surface area contributed by atoms with Crippen LogP contribution < -0.4 is 10.9 Å². The summed E-state index contributed by atoms with van der Waals surface area (Å²) >= 11 is 0. The molecule has 4 aromatic rings. The molecule has 0 fully saturated rings. The van der Waals surface area contributed by atoms with Gasteiger partial charge in [-0.1, -0.05) is 30.3 Å². The van der Waals surface area contributed by atoms with Crippen LogP contribution in [-0.4, -0.2) is 32.2 Å². The van der Waals surface area contributed by atoms with Gasteiger partial charge in [0.25, 0.3) is 0 Å². The summed E-state index contributed by atoms with van der Waals surface area (Å²) in [6.45, 7) is 1.80. The van der Waals surface area contributed by atoms with Crippen LogP contribution in [0, 0.1) is 6.92 Å². The van der Waals surface area contributed by atoms with E-state index in [-0.39, 0.29) is 11.3 Å². The maximum absolute atomic E-state index is 12.0. The number of benzene rings is 3. The highest BCUT2D eigenvalue weighted by Crippen LogP contribution is 2.36. The van der Waals surface area contributed by atoms with Crippen molar-refractivity contribution in [2.75, 3.05) is 10.9 Å². The molecule has 35 heavy (non-hydrogen) atoms. The zero-order valence-corrected chi connectivity index (χ0v) is 19.1. The standard InChI is InChI=1S/C27H24N4O4/c1-16-25(24(15-32)31(30-16)21-12-11-17-5-2-6-18(17)14-21)29-28-23-10-4-9-22(26(23)33)19-7-3-8-20(13-19)27(34)35/h3-4,7-15,28-29,33H,2,5-6H2,1H3,(H,34,35). The molecule has 0 saturated carbocycles. The van der Waals surface area contributed by atoms with Gasteiger partial charge in [0.1, 0.15) is 17.1 Å². The number of hydrazine groups is 1. The second-order valence-corrected chi connectivity index (χ2v) is 8.52. The summed E-state index contributed by atoms with van der Waals surface area (Å²) in [5.41, 5.74) is 12.5. The number of carbonyl (C=O) groups is 2. The number of aryl methyl sites for hydroxylation is 3.